The van der Waals surface area contributed by atoms with E-state index in [2.05, 4.69) is 5.32 Å². The molecule has 0 saturated carbocycles. The summed E-state index contributed by atoms with van der Waals surface area (Å²) in [5, 5.41) is 3.11. The summed E-state index contributed by atoms with van der Waals surface area (Å²) in [6.07, 6.45) is 0. The number of nitrogens with zero attached hydrogens (tertiary/aromatic N) is 1. The number of hydrogen-bond acceptors (Lipinski definition) is 2. The van der Waals surface area contributed by atoms with Crippen molar-refractivity contribution >= 4 is 11.4 Å². The van der Waals surface area contributed by atoms with Crippen LogP contribution in [0.2, 0.25) is 0 Å². The van der Waals surface area contributed by atoms with Crippen LogP contribution in [-0.2, 0) is 6.54 Å². The van der Waals surface area contributed by atoms with Gasteiger partial charge in [0.05, 0.1) is 0 Å². The second-order valence-corrected chi connectivity index (χ2v) is 4.53. The van der Waals surface area contributed by atoms with Crippen LogP contribution in [-0.4, -0.2) is 14.1 Å². The van der Waals surface area contributed by atoms with Gasteiger partial charge in [-0.2, -0.15) is 0 Å². The van der Waals surface area contributed by atoms with Crippen molar-refractivity contribution in [3.8, 4) is 0 Å². The average Bonchev–Trinajstić information content (AvgIpc) is 2.38. The molecule has 2 aromatic carbocycles. The van der Waals surface area contributed by atoms with E-state index in [1.54, 1.807) is 0 Å². The lowest BCUT2D eigenvalue weighted by Crippen LogP contribution is -2.08. The number of hydrogen-bond donors (Lipinski definition) is 1. The molecule has 0 unspecified atom stereocenters. The molecule has 0 bridgehead atoms. The average molecular weight is 262 g/mol. The van der Waals surface area contributed by atoms with Crippen molar-refractivity contribution in [3.05, 3.63) is 59.7 Å². The molecule has 0 atom stereocenters. The van der Waals surface area contributed by atoms with Gasteiger partial charge in [0.25, 0.3) is 0 Å². The fourth-order valence-corrected chi connectivity index (χ4v) is 1.74. The van der Waals surface area contributed by atoms with Crippen molar-refractivity contribution in [1.29, 1.82) is 0 Å². The molecule has 2 nitrogen and oxygen atoms in total. The van der Waals surface area contributed by atoms with Crippen LogP contribution in [0.5, 0.6) is 0 Å². The Hall–Kier alpha value is -2.10. The maximum atomic E-state index is 13.4. The Bertz CT molecular complexity index is 551. The number of anilines is 2. The number of rotatable bonds is 4. The topological polar surface area (TPSA) is 15.3 Å². The molecule has 0 aliphatic carbocycles. The Labute approximate surface area is 111 Å². The smallest absolute Gasteiger partial charge is 0.131 e. The highest BCUT2D eigenvalue weighted by Crippen LogP contribution is 2.17. The van der Waals surface area contributed by atoms with Crippen molar-refractivity contribution in [2.75, 3.05) is 24.3 Å². The maximum Gasteiger partial charge on any atom is 0.131 e. The highest BCUT2D eigenvalue weighted by atomic mass is 19.1. The molecule has 2 rings (SSSR count). The van der Waals surface area contributed by atoms with Gasteiger partial charge in [-0.25, -0.2) is 8.78 Å². The molecule has 0 radical (unpaired) electrons. The fraction of sp³-hybridized carbons (Fsp3) is 0.200. The molecule has 0 aliphatic heterocycles. The molecular formula is C15H16F2N2. The Morgan fingerprint density at radius 1 is 1.00 bits per heavy atom. The van der Waals surface area contributed by atoms with E-state index in [1.807, 2.05) is 43.3 Å². The molecule has 2 aromatic rings. The third-order valence-electron chi connectivity index (χ3n) is 2.88. The van der Waals surface area contributed by atoms with Crippen molar-refractivity contribution in [3.63, 3.8) is 0 Å². The second kappa shape index (κ2) is 5.69. The van der Waals surface area contributed by atoms with Crippen LogP contribution in [0.3, 0.4) is 0 Å². The molecule has 100 valence electrons. The number of halogens is 2. The van der Waals surface area contributed by atoms with Gasteiger partial charge < -0.3 is 10.2 Å². The molecule has 1 N–H and O–H groups in total. The summed E-state index contributed by atoms with van der Waals surface area (Å²) in [5.41, 5.74) is 2.44. The van der Waals surface area contributed by atoms with Crippen LogP contribution in [0.4, 0.5) is 20.2 Å². The molecule has 19 heavy (non-hydrogen) atoms. The molecule has 0 amide bonds. The van der Waals surface area contributed by atoms with Crippen LogP contribution >= 0.6 is 0 Å². The molecule has 0 heterocycles. The number of nitrogens with one attached hydrogen (secondary N) is 1. The summed E-state index contributed by atoms with van der Waals surface area (Å²) in [5.74, 6) is -1.09. The van der Waals surface area contributed by atoms with E-state index in [4.69, 9.17) is 0 Å². The van der Waals surface area contributed by atoms with E-state index in [0.29, 0.717) is 12.1 Å². The summed E-state index contributed by atoms with van der Waals surface area (Å²) in [7, 11) is 3.94. The van der Waals surface area contributed by atoms with Crippen molar-refractivity contribution < 1.29 is 8.78 Å². The maximum absolute atomic E-state index is 13.4. The molecule has 4 heteroatoms. The van der Waals surface area contributed by atoms with Crippen LogP contribution < -0.4 is 10.2 Å². The first-order chi connectivity index (χ1) is 9.06. The molecular weight excluding hydrogens is 246 g/mol. The highest BCUT2D eigenvalue weighted by Gasteiger charge is 2.03. The van der Waals surface area contributed by atoms with Crippen molar-refractivity contribution in [2.45, 2.75) is 6.54 Å². The van der Waals surface area contributed by atoms with Crippen LogP contribution in [0.25, 0.3) is 0 Å². The third-order valence-corrected chi connectivity index (χ3v) is 2.88. The minimum Gasteiger partial charge on any atom is -0.381 e. The first kappa shape index (κ1) is 13.3. The van der Waals surface area contributed by atoms with E-state index in [0.717, 1.165) is 17.4 Å². The lowest BCUT2D eigenvalue weighted by atomic mass is 10.2. The lowest BCUT2D eigenvalue weighted by molar-refractivity contribution is 0.574. The molecule has 0 saturated heterocycles. The Balaban J connectivity index is 2.02. The van der Waals surface area contributed by atoms with Gasteiger partial charge in [0.1, 0.15) is 11.6 Å². The summed E-state index contributed by atoms with van der Waals surface area (Å²) >= 11 is 0. The van der Waals surface area contributed by atoms with Gasteiger partial charge in [-0.1, -0.05) is 6.07 Å². The largest absolute Gasteiger partial charge is 0.381 e. The van der Waals surface area contributed by atoms with Crippen LogP contribution in [0.15, 0.2) is 42.5 Å². The standard InChI is InChI=1S/C15H16F2N2/c1-19(2)14-7-5-13(6-8-14)18-10-11-3-4-12(16)9-15(11)17/h3-9,18H,10H2,1-2H3. The van der Waals surface area contributed by atoms with Gasteiger partial charge in [-0.3, -0.25) is 0 Å². The second-order valence-electron chi connectivity index (χ2n) is 4.53. The third kappa shape index (κ3) is 3.44. The van der Waals surface area contributed by atoms with Gasteiger partial charge in [0, 0.05) is 43.6 Å². The van der Waals surface area contributed by atoms with Gasteiger partial charge in [-0.05, 0) is 30.3 Å². The van der Waals surface area contributed by atoms with E-state index in [-0.39, 0.29) is 0 Å². The lowest BCUT2D eigenvalue weighted by Gasteiger charge is -2.13. The van der Waals surface area contributed by atoms with E-state index >= 15 is 0 Å². The van der Waals surface area contributed by atoms with Crippen molar-refractivity contribution in [1.82, 2.24) is 0 Å². The first-order valence-electron chi connectivity index (χ1n) is 6.01. The van der Waals surface area contributed by atoms with Gasteiger partial charge in [-0.15, -0.1) is 0 Å². The minimum absolute atomic E-state index is 0.327. The predicted octanol–water partition coefficient (Wildman–Crippen LogP) is 3.64. The zero-order chi connectivity index (χ0) is 13.8. The zero-order valence-corrected chi connectivity index (χ0v) is 11.0. The van der Waals surface area contributed by atoms with E-state index < -0.39 is 11.6 Å². The summed E-state index contributed by atoms with van der Waals surface area (Å²) in [4.78, 5) is 2.00. The Kier molecular flexibility index (Phi) is 4.00. The van der Waals surface area contributed by atoms with E-state index in [9.17, 15) is 8.78 Å². The first-order valence-corrected chi connectivity index (χ1v) is 6.01. The highest BCUT2D eigenvalue weighted by molar-refractivity contribution is 5.54. The Morgan fingerprint density at radius 2 is 1.68 bits per heavy atom. The van der Waals surface area contributed by atoms with E-state index in [1.165, 1.54) is 12.1 Å². The molecule has 0 spiro atoms. The summed E-state index contributed by atoms with van der Waals surface area (Å²) < 4.78 is 26.2. The quantitative estimate of drug-likeness (QED) is 0.905. The minimum atomic E-state index is -0.559. The predicted molar refractivity (Wildman–Crippen MR) is 74.5 cm³/mol. The fourth-order valence-electron chi connectivity index (χ4n) is 1.74. The SMILES string of the molecule is CN(C)c1ccc(NCc2ccc(F)cc2F)cc1. The monoisotopic (exact) mass is 262 g/mol. The van der Waals surface area contributed by atoms with Crippen LogP contribution in [0, 0.1) is 11.6 Å². The van der Waals surface area contributed by atoms with Gasteiger partial charge in [0.15, 0.2) is 0 Å². The zero-order valence-electron chi connectivity index (χ0n) is 11.0. The number of benzene rings is 2. The van der Waals surface area contributed by atoms with Crippen LogP contribution in [0.1, 0.15) is 5.56 Å². The van der Waals surface area contributed by atoms with Gasteiger partial charge >= 0.3 is 0 Å². The Morgan fingerprint density at radius 3 is 2.26 bits per heavy atom. The van der Waals surface area contributed by atoms with Crippen molar-refractivity contribution in [2.24, 2.45) is 0 Å². The summed E-state index contributed by atoms with van der Waals surface area (Å²) in [6, 6.07) is 11.4. The molecule has 0 aliphatic rings. The normalized spacial score (nSPS) is 10.3. The summed E-state index contributed by atoms with van der Waals surface area (Å²) in [6.45, 7) is 0.327. The molecule has 0 aromatic heterocycles. The molecule has 0 fully saturated rings. The van der Waals surface area contributed by atoms with Gasteiger partial charge in [0.2, 0.25) is 0 Å².